The Kier molecular flexibility index (Phi) is 5.61. The summed E-state index contributed by atoms with van der Waals surface area (Å²) in [5, 5.41) is 4.40. The van der Waals surface area contributed by atoms with E-state index in [2.05, 4.69) is 24.0 Å². The van der Waals surface area contributed by atoms with Crippen LogP contribution in [0.4, 0.5) is 0 Å². The van der Waals surface area contributed by atoms with Crippen molar-refractivity contribution in [3.8, 4) is 5.88 Å². The van der Waals surface area contributed by atoms with Crippen molar-refractivity contribution in [3.63, 3.8) is 0 Å². The summed E-state index contributed by atoms with van der Waals surface area (Å²) in [7, 11) is 2.08. The maximum Gasteiger partial charge on any atom is 0.261 e. The minimum Gasteiger partial charge on any atom is -0.476 e. The molecule has 6 heteroatoms. The zero-order chi connectivity index (χ0) is 15.2. The van der Waals surface area contributed by atoms with Crippen molar-refractivity contribution in [3.05, 3.63) is 11.8 Å². The van der Waals surface area contributed by atoms with Crippen molar-refractivity contribution in [1.82, 2.24) is 19.6 Å². The van der Waals surface area contributed by atoms with E-state index in [9.17, 15) is 4.79 Å². The monoisotopic (exact) mass is 294 g/mol. The Balaban J connectivity index is 2.13. The first-order valence-electron chi connectivity index (χ1n) is 7.83. The highest BCUT2D eigenvalue weighted by atomic mass is 16.5. The van der Waals surface area contributed by atoms with Gasteiger partial charge in [0.1, 0.15) is 5.56 Å². The second kappa shape index (κ2) is 7.45. The minimum absolute atomic E-state index is 0.0385. The minimum atomic E-state index is 0.0385. The molecule has 6 nitrogen and oxygen atoms in total. The van der Waals surface area contributed by atoms with Crippen molar-refractivity contribution in [2.24, 2.45) is 0 Å². The van der Waals surface area contributed by atoms with E-state index < -0.39 is 0 Å². The topological polar surface area (TPSA) is 50.6 Å². The summed E-state index contributed by atoms with van der Waals surface area (Å²) in [4.78, 5) is 16.8. The molecule has 118 valence electrons. The van der Waals surface area contributed by atoms with E-state index in [0.717, 1.165) is 45.6 Å². The molecule has 0 saturated carbocycles. The molecule has 1 aliphatic heterocycles. The van der Waals surface area contributed by atoms with E-state index >= 15 is 0 Å². The fourth-order valence-corrected chi connectivity index (χ4v) is 2.38. The molecule has 2 rings (SSSR count). The Bertz CT molecular complexity index is 464. The van der Waals surface area contributed by atoms with Crippen LogP contribution in [0, 0.1) is 0 Å². The summed E-state index contributed by atoms with van der Waals surface area (Å²) in [5.74, 6) is 0.519. The number of carbonyl (C=O) groups is 1. The summed E-state index contributed by atoms with van der Waals surface area (Å²) < 4.78 is 7.47. The number of piperazine rings is 1. The average Bonchev–Trinajstić information content (AvgIpc) is 2.88. The highest BCUT2D eigenvalue weighted by Crippen LogP contribution is 2.19. The van der Waals surface area contributed by atoms with Crippen LogP contribution in [0.3, 0.4) is 0 Å². The molecule has 1 fully saturated rings. The van der Waals surface area contributed by atoms with E-state index in [0.29, 0.717) is 18.1 Å². The molecule has 0 N–H and O–H groups in total. The third kappa shape index (κ3) is 3.97. The fraction of sp³-hybridized carbons (Fsp3) is 0.733. The molecule has 0 unspecified atom stereocenters. The first-order chi connectivity index (χ1) is 10.2. The summed E-state index contributed by atoms with van der Waals surface area (Å²) in [6.45, 7) is 8.90. The van der Waals surface area contributed by atoms with Crippen LogP contribution in [-0.2, 0) is 6.54 Å². The van der Waals surface area contributed by atoms with Gasteiger partial charge in [0.05, 0.1) is 6.61 Å². The number of hydrogen-bond donors (Lipinski definition) is 0. The highest BCUT2D eigenvalue weighted by molar-refractivity contribution is 5.96. The molecule has 0 atom stereocenters. The van der Waals surface area contributed by atoms with E-state index in [1.54, 1.807) is 0 Å². The number of amides is 1. The van der Waals surface area contributed by atoms with Crippen molar-refractivity contribution in [2.75, 3.05) is 39.8 Å². The number of aromatic nitrogens is 2. The van der Waals surface area contributed by atoms with Crippen molar-refractivity contribution >= 4 is 5.91 Å². The van der Waals surface area contributed by atoms with Gasteiger partial charge in [-0.2, -0.15) is 0 Å². The zero-order valence-corrected chi connectivity index (χ0v) is 13.3. The maximum atomic E-state index is 12.7. The normalized spacial score (nSPS) is 16.2. The number of rotatable bonds is 6. The number of ether oxygens (including phenoxy) is 1. The van der Waals surface area contributed by atoms with E-state index in [4.69, 9.17) is 4.74 Å². The predicted octanol–water partition coefficient (Wildman–Crippen LogP) is 1.47. The SMILES string of the molecule is CCCOc1nn(CCC)cc1C(=O)N1CCN(C)CC1. The molecular formula is C15H26N4O2. The van der Waals surface area contributed by atoms with Crippen LogP contribution in [-0.4, -0.2) is 65.3 Å². The smallest absolute Gasteiger partial charge is 0.261 e. The molecular weight excluding hydrogens is 268 g/mol. The quantitative estimate of drug-likeness (QED) is 0.797. The van der Waals surface area contributed by atoms with Gasteiger partial charge < -0.3 is 14.5 Å². The lowest BCUT2D eigenvalue weighted by Crippen LogP contribution is -2.47. The Morgan fingerprint density at radius 1 is 1.24 bits per heavy atom. The van der Waals surface area contributed by atoms with Gasteiger partial charge in [0.2, 0.25) is 5.88 Å². The van der Waals surface area contributed by atoms with Crippen LogP contribution in [0.15, 0.2) is 6.20 Å². The van der Waals surface area contributed by atoms with Gasteiger partial charge in [0.25, 0.3) is 5.91 Å². The summed E-state index contributed by atoms with van der Waals surface area (Å²) in [5.41, 5.74) is 0.599. The number of likely N-dealkylation sites (N-methyl/N-ethyl adjacent to an activating group) is 1. The van der Waals surface area contributed by atoms with Crippen LogP contribution >= 0.6 is 0 Å². The molecule has 0 aliphatic carbocycles. The third-order valence-corrected chi connectivity index (χ3v) is 3.64. The Morgan fingerprint density at radius 2 is 1.95 bits per heavy atom. The molecule has 1 aliphatic rings. The van der Waals surface area contributed by atoms with E-state index in [1.165, 1.54) is 0 Å². The van der Waals surface area contributed by atoms with Gasteiger partial charge >= 0.3 is 0 Å². The van der Waals surface area contributed by atoms with Crippen molar-refractivity contribution in [2.45, 2.75) is 33.2 Å². The van der Waals surface area contributed by atoms with Crippen LogP contribution in [0.1, 0.15) is 37.0 Å². The lowest BCUT2D eigenvalue weighted by molar-refractivity contribution is 0.0659. The second-order valence-corrected chi connectivity index (χ2v) is 5.55. The molecule has 1 aromatic heterocycles. The third-order valence-electron chi connectivity index (χ3n) is 3.64. The zero-order valence-electron chi connectivity index (χ0n) is 13.3. The average molecular weight is 294 g/mol. The first kappa shape index (κ1) is 15.8. The van der Waals surface area contributed by atoms with E-state index in [-0.39, 0.29) is 5.91 Å². The Hall–Kier alpha value is -1.56. The molecule has 1 saturated heterocycles. The number of hydrogen-bond acceptors (Lipinski definition) is 4. The van der Waals surface area contributed by atoms with Gasteiger partial charge in [0, 0.05) is 38.9 Å². The van der Waals surface area contributed by atoms with Gasteiger partial charge in [-0.05, 0) is 19.9 Å². The van der Waals surface area contributed by atoms with Crippen LogP contribution < -0.4 is 4.74 Å². The Labute approximate surface area is 126 Å². The van der Waals surface area contributed by atoms with Crippen LogP contribution in [0.5, 0.6) is 5.88 Å². The molecule has 0 radical (unpaired) electrons. The first-order valence-corrected chi connectivity index (χ1v) is 7.83. The van der Waals surface area contributed by atoms with Crippen molar-refractivity contribution in [1.29, 1.82) is 0 Å². The van der Waals surface area contributed by atoms with Crippen LogP contribution in [0.2, 0.25) is 0 Å². The number of carbonyl (C=O) groups excluding carboxylic acids is 1. The van der Waals surface area contributed by atoms with Gasteiger partial charge in [-0.25, -0.2) is 0 Å². The largest absolute Gasteiger partial charge is 0.476 e. The maximum absolute atomic E-state index is 12.7. The molecule has 1 amide bonds. The summed E-state index contributed by atoms with van der Waals surface area (Å²) in [6.07, 6.45) is 3.72. The van der Waals surface area contributed by atoms with Gasteiger partial charge in [0.15, 0.2) is 0 Å². The standard InChI is InChI=1S/C15H26N4O2/c1-4-6-19-12-13(14(16-19)21-11-5-2)15(20)18-9-7-17(3)8-10-18/h12H,4-11H2,1-3H3. The highest BCUT2D eigenvalue weighted by Gasteiger charge is 2.25. The van der Waals surface area contributed by atoms with Gasteiger partial charge in [-0.15, -0.1) is 5.10 Å². The van der Waals surface area contributed by atoms with Gasteiger partial charge in [-0.3, -0.25) is 9.48 Å². The van der Waals surface area contributed by atoms with Gasteiger partial charge in [-0.1, -0.05) is 13.8 Å². The summed E-state index contributed by atoms with van der Waals surface area (Å²) >= 11 is 0. The fourth-order valence-electron chi connectivity index (χ4n) is 2.38. The number of nitrogens with zero attached hydrogens (tertiary/aromatic N) is 4. The molecule has 0 spiro atoms. The lowest BCUT2D eigenvalue weighted by Gasteiger charge is -2.32. The molecule has 2 heterocycles. The number of aryl methyl sites for hydroxylation is 1. The van der Waals surface area contributed by atoms with Crippen LogP contribution in [0.25, 0.3) is 0 Å². The molecule has 21 heavy (non-hydrogen) atoms. The summed E-state index contributed by atoms with van der Waals surface area (Å²) in [6, 6.07) is 0. The Morgan fingerprint density at radius 3 is 2.57 bits per heavy atom. The molecule has 1 aromatic rings. The second-order valence-electron chi connectivity index (χ2n) is 5.55. The van der Waals surface area contributed by atoms with E-state index in [1.807, 2.05) is 22.7 Å². The predicted molar refractivity (Wildman–Crippen MR) is 81.7 cm³/mol. The van der Waals surface area contributed by atoms with Crippen molar-refractivity contribution < 1.29 is 9.53 Å². The molecule has 0 bridgehead atoms. The molecule has 0 aromatic carbocycles. The lowest BCUT2D eigenvalue weighted by atomic mass is 10.2.